The first-order chi connectivity index (χ1) is 19.5. The van der Waals surface area contributed by atoms with Crippen molar-refractivity contribution in [3.05, 3.63) is 40.7 Å². The maximum atomic E-state index is 14.1. The molecule has 1 aliphatic carbocycles. The summed E-state index contributed by atoms with van der Waals surface area (Å²) in [4.78, 5) is 56.5. The van der Waals surface area contributed by atoms with Crippen LogP contribution in [0.4, 0.5) is 4.79 Å². The second-order valence-electron chi connectivity index (χ2n) is 13.5. The normalized spacial score (nSPS) is 21.5. The molecule has 5 atom stereocenters. The Labute approximate surface area is 269 Å². The number of carbonyl (C=O) groups is 4. The van der Waals surface area contributed by atoms with Crippen LogP contribution in [0.5, 0.6) is 0 Å². The van der Waals surface area contributed by atoms with E-state index >= 15 is 0 Å². The molecule has 0 radical (unpaired) electrons. The van der Waals surface area contributed by atoms with Gasteiger partial charge >= 0.3 is 25.0 Å². The number of nitrogens with one attached hydrogen (secondary N) is 1. The molecule has 1 aromatic rings. The molecule has 0 aromatic heterocycles. The molecule has 1 heterocycles. The van der Waals surface area contributed by atoms with Gasteiger partial charge in [-0.2, -0.15) is 0 Å². The molecule has 1 saturated heterocycles. The Balaban J connectivity index is 0.00000645. The van der Waals surface area contributed by atoms with Gasteiger partial charge in [-0.3, -0.25) is 9.59 Å². The van der Waals surface area contributed by atoms with Gasteiger partial charge in [0.2, 0.25) is 11.8 Å². The van der Waals surface area contributed by atoms with Crippen LogP contribution in [0.1, 0.15) is 91.8 Å². The maximum Gasteiger partial charge on any atom is 1.00 e. The average Bonchev–Trinajstić information content (AvgIpc) is 3.33. The number of rotatable bonds is 8. The van der Waals surface area contributed by atoms with E-state index in [1.54, 1.807) is 27.7 Å². The van der Waals surface area contributed by atoms with Crippen molar-refractivity contribution in [2.75, 3.05) is 20.2 Å². The molecule has 0 spiro atoms. The number of ether oxygens (including phenoxy) is 2. The smallest absolute Gasteiger partial charge is 0.641 e. The molecule has 0 bridgehead atoms. The van der Waals surface area contributed by atoms with Gasteiger partial charge in [0.15, 0.2) is 0 Å². The predicted molar refractivity (Wildman–Crippen MR) is 161 cm³/mol. The zero-order chi connectivity index (χ0) is 31.4. The van der Waals surface area contributed by atoms with Crippen molar-refractivity contribution in [3.63, 3.8) is 0 Å². The fraction of sp³-hybridized carbons (Fsp3) is 0.688. The standard InChI is InChI=1S/C32H50N4O6.Li/c1-10-41-22-18-25(28(38)33-24-17-13-15-21-14-11-12-16-23(21)24)36(19-22)29(39)26(31(3,4)5)34-27(37)20(2)35(9)30(40)42-32(6,7)8;/h11-12,14,16,20,22,24-26H,10,13,15,17-19H2,1-9H3,(H2,33,34,37,38);/q;+1/p-1/t20-,22-,24+,25-,26+;/m0./s1. The van der Waals surface area contributed by atoms with E-state index in [0.29, 0.717) is 13.0 Å². The summed E-state index contributed by atoms with van der Waals surface area (Å²) in [6, 6.07) is 5.25. The minimum atomic E-state index is -1.06. The van der Waals surface area contributed by atoms with Gasteiger partial charge in [0.05, 0.1) is 24.1 Å². The molecule has 10 nitrogen and oxygen atoms in total. The SMILES string of the molecule is CCO[C@H]1C[C@@H](C(=O)N[C@@H]2CCCc3ccccc32)N(C(=O)[C@@H]([N-]C(=O)[C@H](C)N(C)C(=O)OC(C)(C)C)C(C)(C)C)C1.[Li+]. The van der Waals surface area contributed by atoms with Gasteiger partial charge in [0, 0.05) is 26.6 Å². The second-order valence-corrected chi connectivity index (χ2v) is 13.5. The van der Waals surface area contributed by atoms with Crippen LogP contribution in [-0.4, -0.2) is 83.6 Å². The molecule has 11 heteroatoms. The number of benzene rings is 1. The number of likely N-dealkylation sites (N-methyl/N-ethyl adjacent to an activating group) is 1. The molecular formula is C32H49LiN4O6. The third-order valence-electron chi connectivity index (χ3n) is 7.87. The van der Waals surface area contributed by atoms with E-state index in [4.69, 9.17) is 9.47 Å². The fourth-order valence-electron chi connectivity index (χ4n) is 5.49. The zero-order valence-electron chi connectivity index (χ0n) is 27.7. The van der Waals surface area contributed by atoms with Crippen LogP contribution in [0.25, 0.3) is 5.32 Å². The van der Waals surface area contributed by atoms with Crippen LogP contribution in [0.2, 0.25) is 0 Å². The Morgan fingerprint density at radius 2 is 1.77 bits per heavy atom. The summed E-state index contributed by atoms with van der Waals surface area (Å²) in [6.07, 6.45) is 2.19. The minimum absolute atomic E-state index is 0. The molecule has 1 aromatic carbocycles. The summed E-state index contributed by atoms with van der Waals surface area (Å²) >= 11 is 0. The number of hydrogen-bond donors (Lipinski definition) is 1. The average molecular weight is 593 g/mol. The van der Waals surface area contributed by atoms with Crippen molar-refractivity contribution >= 4 is 23.8 Å². The molecule has 43 heavy (non-hydrogen) atoms. The monoisotopic (exact) mass is 592 g/mol. The van der Waals surface area contributed by atoms with E-state index in [9.17, 15) is 19.2 Å². The molecule has 3 rings (SSSR count). The summed E-state index contributed by atoms with van der Waals surface area (Å²) in [5.41, 5.74) is 0.892. The molecule has 4 amide bonds. The summed E-state index contributed by atoms with van der Waals surface area (Å²) in [5.74, 6) is -1.25. The molecule has 1 fully saturated rings. The fourth-order valence-corrected chi connectivity index (χ4v) is 5.49. The molecular weight excluding hydrogens is 543 g/mol. The predicted octanol–water partition coefficient (Wildman–Crippen LogP) is 1.76. The first kappa shape index (κ1) is 36.6. The van der Waals surface area contributed by atoms with Crippen molar-refractivity contribution < 1.29 is 47.5 Å². The number of carbonyl (C=O) groups excluding carboxylic acids is 4. The van der Waals surface area contributed by atoms with Crippen LogP contribution < -0.4 is 24.2 Å². The third-order valence-corrected chi connectivity index (χ3v) is 7.87. The van der Waals surface area contributed by atoms with Gasteiger partial charge in [-0.15, -0.1) is 0 Å². The number of hydrogen-bond acceptors (Lipinski definition) is 6. The van der Waals surface area contributed by atoms with Gasteiger partial charge < -0.3 is 34.7 Å². The first-order valence-corrected chi connectivity index (χ1v) is 15.0. The Bertz CT molecular complexity index is 1150. The minimum Gasteiger partial charge on any atom is -0.641 e. The molecule has 2 aliphatic rings. The number of likely N-dealkylation sites (tertiary alicyclic amines) is 1. The van der Waals surface area contributed by atoms with Gasteiger partial charge in [-0.25, -0.2) is 4.79 Å². The Hall–Kier alpha value is -2.54. The van der Waals surface area contributed by atoms with Gasteiger partial charge in [-0.1, -0.05) is 45.0 Å². The Kier molecular flexibility index (Phi) is 12.7. The second kappa shape index (κ2) is 15.0. The summed E-state index contributed by atoms with van der Waals surface area (Å²) < 4.78 is 11.3. The van der Waals surface area contributed by atoms with E-state index in [0.717, 1.165) is 24.8 Å². The topological polar surface area (TPSA) is 119 Å². The molecule has 234 valence electrons. The number of fused-ring (bicyclic) bond motifs is 1. The van der Waals surface area contributed by atoms with Crippen LogP contribution in [-0.2, 0) is 30.3 Å². The van der Waals surface area contributed by atoms with Crippen molar-refractivity contribution in [1.82, 2.24) is 15.1 Å². The van der Waals surface area contributed by atoms with Crippen molar-refractivity contribution in [2.24, 2.45) is 5.41 Å². The maximum absolute atomic E-state index is 14.1. The van der Waals surface area contributed by atoms with Gasteiger partial charge in [-0.05, 0) is 76.5 Å². The van der Waals surface area contributed by atoms with Crippen LogP contribution >= 0.6 is 0 Å². The van der Waals surface area contributed by atoms with E-state index in [2.05, 4.69) is 22.8 Å². The van der Waals surface area contributed by atoms with E-state index in [1.165, 1.54) is 22.4 Å². The number of amides is 4. The van der Waals surface area contributed by atoms with Crippen LogP contribution in [0.15, 0.2) is 24.3 Å². The summed E-state index contributed by atoms with van der Waals surface area (Å²) in [6.45, 7) is 14.9. The van der Waals surface area contributed by atoms with Crippen molar-refractivity contribution in [1.29, 1.82) is 0 Å². The van der Waals surface area contributed by atoms with Crippen molar-refractivity contribution in [2.45, 2.75) is 117 Å². The summed E-state index contributed by atoms with van der Waals surface area (Å²) in [5, 5.41) is 7.55. The number of aryl methyl sites for hydroxylation is 1. The Morgan fingerprint density at radius 3 is 2.37 bits per heavy atom. The van der Waals surface area contributed by atoms with Crippen LogP contribution in [0, 0.1) is 5.41 Å². The van der Waals surface area contributed by atoms with Gasteiger partial charge in [0.1, 0.15) is 11.6 Å². The van der Waals surface area contributed by atoms with Gasteiger partial charge in [0.25, 0.3) is 0 Å². The largest absolute Gasteiger partial charge is 1.00 e. The van der Waals surface area contributed by atoms with Crippen molar-refractivity contribution in [3.8, 4) is 0 Å². The van der Waals surface area contributed by atoms with E-state index in [-0.39, 0.29) is 43.5 Å². The number of nitrogens with zero attached hydrogens (tertiary/aromatic N) is 3. The summed E-state index contributed by atoms with van der Waals surface area (Å²) in [7, 11) is 1.47. The van der Waals surface area contributed by atoms with E-state index in [1.807, 2.05) is 39.8 Å². The molecule has 0 unspecified atom stereocenters. The molecule has 1 aliphatic heterocycles. The zero-order valence-corrected chi connectivity index (χ0v) is 27.7. The quantitative estimate of drug-likeness (QED) is 0.460. The molecule has 1 N–H and O–H groups in total. The Morgan fingerprint density at radius 1 is 1.12 bits per heavy atom. The third kappa shape index (κ3) is 9.47. The molecule has 0 saturated carbocycles. The van der Waals surface area contributed by atoms with E-state index < -0.39 is 47.0 Å². The first-order valence-electron chi connectivity index (χ1n) is 15.0. The van der Waals surface area contributed by atoms with Crippen LogP contribution in [0.3, 0.4) is 0 Å².